The van der Waals surface area contributed by atoms with E-state index >= 15 is 0 Å². The van der Waals surface area contributed by atoms with E-state index < -0.39 is 6.43 Å². The average Bonchev–Trinajstić information content (AvgIpc) is 3.11. The fraction of sp³-hybridized carbons (Fsp3) is 0.0833. The molecule has 0 saturated carbocycles. The molecule has 19 heavy (non-hydrogen) atoms. The maximum atomic E-state index is 12.5. The van der Waals surface area contributed by atoms with E-state index in [1.54, 1.807) is 41.1 Å². The largest absolute Gasteiger partial charge is 0.274 e. The monoisotopic (exact) mass is 278 g/mol. The number of nitrogens with zero attached hydrogens (tertiary/aromatic N) is 4. The molecule has 0 amide bonds. The van der Waals surface area contributed by atoms with Crippen molar-refractivity contribution in [2.75, 3.05) is 0 Å². The molecule has 0 radical (unpaired) electrons. The Balaban J connectivity index is 1.89. The quantitative estimate of drug-likeness (QED) is 0.738. The van der Waals surface area contributed by atoms with Gasteiger partial charge in [0.15, 0.2) is 0 Å². The molecule has 0 aromatic carbocycles. The van der Waals surface area contributed by atoms with Gasteiger partial charge in [-0.2, -0.15) is 0 Å². The number of hydrogen-bond donors (Lipinski definition) is 0. The zero-order valence-electron chi connectivity index (χ0n) is 9.57. The standard InChI is InChI=1S/C12H8F2N4S/c13-11(14)10-3-8(6-19-10)9-4-16-12(17-5-9)18-2-1-15-7-18/h1-7,11H. The second-order valence-corrected chi connectivity index (χ2v) is 4.72. The second-order valence-electron chi connectivity index (χ2n) is 3.78. The van der Waals surface area contributed by atoms with Gasteiger partial charge in [-0.25, -0.2) is 23.7 Å². The van der Waals surface area contributed by atoms with Crippen molar-refractivity contribution in [1.29, 1.82) is 0 Å². The Morgan fingerprint density at radius 2 is 1.95 bits per heavy atom. The number of thiophene rings is 1. The van der Waals surface area contributed by atoms with Crippen molar-refractivity contribution in [3.05, 3.63) is 47.4 Å². The lowest BCUT2D eigenvalue weighted by atomic mass is 10.2. The minimum absolute atomic E-state index is 0.0497. The molecule has 0 N–H and O–H groups in total. The Kier molecular flexibility index (Phi) is 3.04. The number of halogens is 2. The third kappa shape index (κ3) is 2.37. The van der Waals surface area contributed by atoms with E-state index in [4.69, 9.17) is 0 Å². The molecule has 0 atom stereocenters. The molecule has 0 saturated heterocycles. The molecule has 3 rings (SSSR count). The predicted octanol–water partition coefficient (Wildman–Crippen LogP) is 3.33. The first-order valence-electron chi connectivity index (χ1n) is 5.41. The normalized spacial score (nSPS) is 11.1. The Labute approximate surface area is 111 Å². The van der Waals surface area contributed by atoms with Crippen molar-refractivity contribution in [2.24, 2.45) is 0 Å². The van der Waals surface area contributed by atoms with Crippen LogP contribution in [0, 0.1) is 0 Å². The van der Waals surface area contributed by atoms with Gasteiger partial charge in [-0.15, -0.1) is 11.3 Å². The van der Waals surface area contributed by atoms with E-state index in [1.807, 2.05) is 0 Å². The highest BCUT2D eigenvalue weighted by atomic mass is 32.1. The van der Waals surface area contributed by atoms with Gasteiger partial charge in [-0.05, 0) is 17.0 Å². The van der Waals surface area contributed by atoms with Crippen molar-refractivity contribution in [3.63, 3.8) is 0 Å². The Bertz CT molecular complexity index is 661. The smallest absolute Gasteiger partial charge is 0.272 e. The molecule has 3 aromatic heterocycles. The summed E-state index contributed by atoms with van der Waals surface area (Å²) < 4.78 is 26.7. The van der Waals surface area contributed by atoms with Gasteiger partial charge in [0.05, 0.1) is 4.88 Å². The first kappa shape index (κ1) is 11.9. The number of imidazole rings is 1. The molecule has 0 aliphatic rings. The van der Waals surface area contributed by atoms with Gasteiger partial charge in [0.2, 0.25) is 5.95 Å². The highest BCUT2D eigenvalue weighted by Crippen LogP contribution is 2.31. The van der Waals surface area contributed by atoms with E-state index in [0.717, 1.165) is 11.3 Å². The van der Waals surface area contributed by atoms with Crippen LogP contribution in [0.25, 0.3) is 17.1 Å². The van der Waals surface area contributed by atoms with Gasteiger partial charge < -0.3 is 0 Å². The maximum absolute atomic E-state index is 12.5. The Morgan fingerprint density at radius 1 is 1.16 bits per heavy atom. The zero-order chi connectivity index (χ0) is 13.2. The van der Waals surface area contributed by atoms with Gasteiger partial charge >= 0.3 is 0 Å². The summed E-state index contributed by atoms with van der Waals surface area (Å²) in [5.41, 5.74) is 1.42. The molecule has 0 unspecified atom stereocenters. The predicted molar refractivity (Wildman–Crippen MR) is 67.4 cm³/mol. The molecule has 96 valence electrons. The van der Waals surface area contributed by atoms with Gasteiger partial charge in [-0.1, -0.05) is 0 Å². The average molecular weight is 278 g/mol. The van der Waals surface area contributed by atoms with E-state index in [9.17, 15) is 8.78 Å². The summed E-state index contributed by atoms with van der Waals surface area (Å²) in [6.45, 7) is 0. The number of aromatic nitrogens is 4. The maximum Gasteiger partial charge on any atom is 0.272 e. The van der Waals surface area contributed by atoms with Crippen LogP contribution in [0.15, 0.2) is 42.6 Å². The lowest BCUT2D eigenvalue weighted by Gasteiger charge is -2.01. The van der Waals surface area contributed by atoms with Crippen LogP contribution >= 0.6 is 11.3 Å². The first-order chi connectivity index (χ1) is 9.24. The third-order valence-electron chi connectivity index (χ3n) is 2.54. The van der Waals surface area contributed by atoms with Crippen molar-refractivity contribution in [2.45, 2.75) is 6.43 Å². The van der Waals surface area contributed by atoms with Crippen LogP contribution in [0.3, 0.4) is 0 Å². The topological polar surface area (TPSA) is 43.6 Å². The summed E-state index contributed by atoms with van der Waals surface area (Å²) in [5, 5.41) is 1.68. The highest BCUT2D eigenvalue weighted by Gasteiger charge is 2.11. The van der Waals surface area contributed by atoms with Crippen molar-refractivity contribution in [3.8, 4) is 17.1 Å². The molecule has 3 heterocycles. The third-order valence-corrected chi connectivity index (χ3v) is 3.48. The minimum Gasteiger partial charge on any atom is -0.274 e. The molecule has 0 fully saturated rings. The van der Waals surface area contributed by atoms with Crippen LogP contribution in [-0.4, -0.2) is 19.5 Å². The summed E-state index contributed by atoms with van der Waals surface area (Å²) in [6, 6.07) is 1.46. The number of hydrogen-bond acceptors (Lipinski definition) is 4. The van der Waals surface area contributed by atoms with Gasteiger partial charge in [0.25, 0.3) is 6.43 Å². The van der Waals surface area contributed by atoms with E-state index in [2.05, 4.69) is 15.0 Å². The lowest BCUT2D eigenvalue weighted by Crippen LogP contribution is -1.97. The fourth-order valence-electron chi connectivity index (χ4n) is 1.60. The molecular formula is C12H8F2N4S. The first-order valence-corrected chi connectivity index (χ1v) is 6.29. The summed E-state index contributed by atoms with van der Waals surface area (Å²) >= 11 is 1.03. The highest BCUT2D eigenvalue weighted by molar-refractivity contribution is 7.10. The Morgan fingerprint density at radius 3 is 2.53 bits per heavy atom. The molecular weight excluding hydrogens is 270 g/mol. The molecule has 0 bridgehead atoms. The molecule has 4 nitrogen and oxygen atoms in total. The van der Waals surface area contributed by atoms with Gasteiger partial charge in [0.1, 0.15) is 6.33 Å². The molecule has 3 aromatic rings. The number of rotatable bonds is 3. The van der Waals surface area contributed by atoms with Crippen LogP contribution in [-0.2, 0) is 0 Å². The minimum atomic E-state index is -2.44. The Hall–Kier alpha value is -2.15. The van der Waals surface area contributed by atoms with E-state index in [1.165, 1.54) is 6.07 Å². The lowest BCUT2D eigenvalue weighted by molar-refractivity contribution is 0.155. The SMILES string of the molecule is FC(F)c1cc(-c2cnc(-n3ccnc3)nc2)cs1. The van der Waals surface area contributed by atoms with Crippen LogP contribution in [0.4, 0.5) is 8.78 Å². The molecule has 0 aliphatic carbocycles. The van der Waals surface area contributed by atoms with Crippen molar-refractivity contribution < 1.29 is 8.78 Å². The summed E-state index contributed by atoms with van der Waals surface area (Å²) in [7, 11) is 0. The van der Waals surface area contributed by atoms with E-state index in [-0.39, 0.29) is 4.88 Å². The van der Waals surface area contributed by atoms with Crippen LogP contribution in [0.1, 0.15) is 11.3 Å². The van der Waals surface area contributed by atoms with Gasteiger partial charge in [0, 0.05) is 30.4 Å². The van der Waals surface area contributed by atoms with Crippen LogP contribution < -0.4 is 0 Å². The van der Waals surface area contributed by atoms with E-state index in [0.29, 0.717) is 17.1 Å². The summed E-state index contributed by atoms with van der Waals surface area (Å²) in [4.78, 5) is 12.3. The molecule has 0 spiro atoms. The summed E-state index contributed by atoms with van der Waals surface area (Å²) in [6.07, 6.45) is 5.73. The zero-order valence-corrected chi connectivity index (χ0v) is 10.4. The van der Waals surface area contributed by atoms with Crippen LogP contribution in [0.5, 0.6) is 0 Å². The van der Waals surface area contributed by atoms with Crippen molar-refractivity contribution >= 4 is 11.3 Å². The number of alkyl halides is 2. The fourth-order valence-corrected chi connectivity index (χ4v) is 2.36. The second kappa shape index (κ2) is 4.85. The van der Waals surface area contributed by atoms with Crippen LogP contribution in [0.2, 0.25) is 0 Å². The van der Waals surface area contributed by atoms with Gasteiger partial charge in [-0.3, -0.25) is 4.57 Å². The summed E-state index contributed by atoms with van der Waals surface area (Å²) in [5.74, 6) is 0.491. The molecule has 7 heteroatoms. The molecule has 0 aliphatic heterocycles. The van der Waals surface area contributed by atoms with Crippen molar-refractivity contribution in [1.82, 2.24) is 19.5 Å².